The standard InChI is InChI=1S/C33H40N6O3S/c1-24(15-29-18-35-32-9-8-28(17-34)16-31(29)32)14-25(2)21-38-10-12-39(13-11-38)33-36-19-30(20-37-33)42-22-26-4-6-27(7-5-26)23-43(3,40)41/h4-9,16,18-20,24-25,35H,10-15,21-23H2,1-3H3. The van der Waals surface area contributed by atoms with E-state index in [0.29, 0.717) is 29.8 Å². The molecule has 9 nitrogen and oxygen atoms in total. The van der Waals surface area contributed by atoms with Crippen molar-refractivity contribution in [1.82, 2.24) is 19.9 Å². The summed E-state index contributed by atoms with van der Waals surface area (Å²) < 4.78 is 28.8. The van der Waals surface area contributed by atoms with Gasteiger partial charge in [0.1, 0.15) is 6.61 Å². The summed E-state index contributed by atoms with van der Waals surface area (Å²) in [5.41, 5.74) is 4.80. The molecule has 2 aromatic carbocycles. The Bertz CT molecular complexity index is 1650. The Morgan fingerprint density at radius 1 is 1.00 bits per heavy atom. The first-order valence-corrected chi connectivity index (χ1v) is 16.9. The minimum absolute atomic E-state index is 0.0364. The van der Waals surface area contributed by atoms with Gasteiger partial charge in [0.15, 0.2) is 15.6 Å². The largest absolute Gasteiger partial charge is 0.486 e. The van der Waals surface area contributed by atoms with Crippen LogP contribution in [0.25, 0.3) is 10.9 Å². The van der Waals surface area contributed by atoms with E-state index in [0.717, 1.165) is 73.5 Å². The summed E-state index contributed by atoms with van der Waals surface area (Å²) in [5, 5.41) is 10.4. The van der Waals surface area contributed by atoms with E-state index >= 15 is 0 Å². The van der Waals surface area contributed by atoms with Crippen molar-refractivity contribution in [2.45, 2.75) is 39.0 Å². The summed E-state index contributed by atoms with van der Waals surface area (Å²) in [6.45, 7) is 9.85. The number of nitrogens with zero attached hydrogens (tertiary/aromatic N) is 5. The normalized spacial score (nSPS) is 15.7. The molecule has 1 aliphatic rings. The van der Waals surface area contributed by atoms with Gasteiger partial charge in [-0.2, -0.15) is 5.26 Å². The maximum Gasteiger partial charge on any atom is 0.225 e. The molecule has 1 saturated heterocycles. The summed E-state index contributed by atoms with van der Waals surface area (Å²) in [6.07, 6.45) is 8.91. The molecule has 0 spiro atoms. The second-order valence-electron chi connectivity index (χ2n) is 12.0. The van der Waals surface area contributed by atoms with Crippen molar-refractivity contribution in [3.05, 3.63) is 83.3 Å². The molecule has 1 N–H and O–H groups in total. The molecule has 0 amide bonds. The molecule has 0 radical (unpaired) electrons. The molecule has 226 valence electrons. The van der Waals surface area contributed by atoms with Gasteiger partial charge < -0.3 is 14.6 Å². The van der Waals surface area contributed by atoms with E-state index in [1.165, 1.54) is 11.8 Å². The van der Waals surface area contributed by atoms with Crippen LogP contribution in [-0.4, -0.2) is 67.2 Å². The van der Waals surface area contributed by atoms with Gasteiger partial charge in [0.25, 0.3) is 0 Å². The number of ether oxygens (including phenoxy) is 1. The number of fused-ring (bicyclic) bond motifs is 1. The van der Waals surface area contributed by atoms with Crippen molar-refractivity contribution >= 4 is 26.7 Å². The van der Waals surface area contributed by atoms with Crippen LogP contribution in [0.1, 0.15) is 42.5 Å². The molecule has 10 heteroatoms. The van der Waals surface area contributed by atoms with Gasteiger partial charge in [-0.3, -0.25) is 4.90 Å². The molecule has 43 heavy (non-hydrogen) atoms. The molecule has 0 bridgehead atoms. The van der Waals surface area contributed by atoms with Crippen molar-refractivity contribution < 1.29 is 13.2 Å². The van der Waals surface area contributed by atoms with Crippen LogP contribution in [0.5, 0.6) is 5.75 Å². The predicted molar refractivity (Wildman–Crippen MR) is 170 cm³/mol. The molecule has 3 heterocycles. The Labute approximate surface area is 254 Å². The number of rotatable bonds is 12. The number of piperazine rings is 1. The number of nitriles is 1. The molecule has 0 saturated carbocycles. The Hall–Kier alpha value is -3.94. The van der Waals surface area contributed by atoms with Crippen LogP contribution in [0, 0.1) is 23.2 Å². The van der Waals surface area contributed by atoms with Gasteiger partial charge in [-0.25, -0.2) is 18.4 Å². The van der Waals surface area contributed by atoms with Gasteiger partial charge in [-0.1, -0.05) is 38.1 Å². The third-order valence-electron chi connectivity index (χ3n) is 7.97. The van der Waals surface area contributed by atoms with Gasteiger partial charge in [0.2, 0.25) is 5.95 Å². The highest BCUT2D eigenvalue weighted by atomic mass is 32.2. The number of anilines is 1. The smallest absolute Gasteiger partial charge is 0.225 e. The van der Waals surface area contributed by atoms with Crippen LogP contribution in [0.15, 0.2) is 61.1 Å². The van der Waals surface area contributed by atoms with Crippen molar-refractivity contribution in [2.75, 3.05) is 43.9 Å². The average Bonchev–Trinajstić information content (AvgIpc) is 3.38. The number of hydrogen-bond donors (Lipinski definition) is 1. The Morgan fingerprint density at radius 2 is 1.70 bits per heavy atom. The quantitative estimate of drug-likeness (QED) is 0.242. The van der Waals surface area contributed by atoms with Crippen LogP contribution in [0.3, 0.4) is 0 Å². The van der Waals surface area contributed by atoms with Crippen LogP contribution in [0.4, 0.5) is 5.95 Å². The zero-order chi connectivity index (χ0) is 30.4. The topological polar surface area (TPSA) is 115 Å². The Balaban J connectivity index is 1.04. The molecule has 2 aromatic heterocycles. The highest BCUT2D eigenvalue weighted by molar-refractivity contribution is 7.89. The minimum Gasteiger partial charge on any atom is -0.486 e. The van der Waals surface area contributed by atoms with E-state index in [2.05, 4.69) is 50.9 Å². The van der Waals surface area contributed by atoms with E-state index in [4.69, 9.17) is 4.74 Å². The summed E-state index contributed by atoms with van der Waals surface area (Å²) in [6, 6.07) is 15.5. The Morgan fingerprint density at radius 3 is 2.37 bits per heavy atom. The van der Waals surface area contributed by atoms with E-state index < -0.39 is 9.84 Å². The van der Waals surface area contributed by atoms with Crippen LogP contribution < -0.4 is 9.64 Å². The first kappa shape index (κ1) is 30.5. The fourth-order valence-electron chi connectivity index (χ4n) is 5.96. The van der Waals surface area contributed by atoms with Gasteiger partial charge in [-0.15, -0.1) is 0 Å². The van der Waals surface area contributed by atoms with Crippen molar-refractivity contribution in [2.24, 2.45) is 11.8 Å². The lowest BCUT2D eigenvalue weighted by molar-refractivity contribution is 0.209. The number of hydrogen-bond acceptors (Lipinski definition) is 8. The summed E-state index contributed by atoms with van der Waals surface area (Å²) in [4.78, 5) is 17.2. The highest BCUT2D eigenvalue weighted by Gasteiger charge is 2.21. The zero-order valence-electron chi connectivity index (χ0n) is 25.2. The molecule has 0 aliphatic carbocycles. The molecule has 2 atom stereocenters. The lowest BCUT2D eigenvalue weighted by Crippen LogP contribution is -2.48. The number of sulfone groups is 1. The summed E-state index contributed by atoms with van der Waals surface area (Å²) in [5.74, 6) is 2.49. The maximum absolute atomic E-state index is 11.5. The highest BCUT2D eigenvalue weighted by Crippen LogP contribution is 2.25. The van der Waals surface area contributed by atoms with Crippen LogP contribution >= 0.6 is 0 Å². The second kappa shape index (κ2) is 13.6. The number of aromatic amines is 1. The molecular weight excluding hydrogens is 560 g/mol. The van der Waals surface area contributed by atoms with Crippen LogP contribution in [-0.2, 0) is 28.6 Å². The molecule has 1 aliphatic heterocycles. The lowest BCUT2D eigenvalue weighted by atomic mass is 9.91. The van der Waals surface area contributed by atoms with Gasteiger partial charge >= 0.3 is 0 Å². The van der Waals surface area contributed by atoms with Crippen molar-refractivity contribution in [3.63, 3.8) is 0 Å². The molecule has 1 fully saturated rings. The van der Waals surface area contributed by atoms with E-state index in [9.17, 15) is 13.7 Å². The number of benzene rings is 2. The first-order chi connectivity index (χ1) is 20.6. The number of H-pyrrole nitrogens is 1. The van der Waals surface area contributed by atoms with Gasteiger partial charge in [-0.05, 0) is 59.6 Å². The summed E-state index contributed by atoms with van der Waals surface area (Å²) in [7, 11) is -3.05. The monoisotopic (exact) mass is 600 g/mol. The number of aromatic nitrogens is 3. The fourth-order valence-corrected chi connectivity index (χ4v) is 6.75. The maximum atomic E-state index is 11.5. The summed E-state index contributed by atoms with van der Waals surface area (Å²) >= 11 is 0. The zero-order valence-corrected chi connectivity index (χ0v) is 26.0. The Kier molecular flexibility index (Phi) is 9.63. The minimum atomic E-state index is -3.05. The molecule has 2 unspecified atom stereocenters. The SMILES string of the molecule is CC(Cc1c[nH]c2ccc(C#N)cc12)CC(C)CN1CCN(c2ncc(OCc3ccc(CS(C)(=O)=O)cc3)cn2)CC1. The van der Waals surface area contributed by atoms with Gasteiger partial charge in [0.05, 0.1) is 29.8 Å². The fraction of sp³-hybridized carbons (Fsp3) is 0.424. The van der Waals surface area contributed by atoms with E-state index in [1.807, 2.05) is 42.5 Å². The average molecular weight is 601 g/mol. The number of nitrogens with one attached hydrogen (secondary N) is 1. The van der Waals surface area contributed by atoms with Gasteiger partial charge in [0, 0.05) is 56.1 Å². The lowest BCUT2D eigenvalue weighted by Gasteiger charge is -2.36. The van der Waals surface area contributed by atoms with E-state index in [1.54, 1.807) is 12.4 Å². The molecule has 5 rings (SSSR count). The van der Waals surface area contributed by atoms with Crippen LogP contribution in [0.2, 0.25) is 0 Å². The third kappa shape index (κ3) is 8.55. The predicted octanol–water partition coefficient (Wildman–Crippen LogP) is 4.98. The van der Waals surface area contributed by atoms with Crippen molar-refractivity contribution in [1.29, 1.82) is 5.26 Å². The molecular formula is C33H40N6O3S. The van der Waals surface area contributed by atoms with E-state index in [-0.39, 0.29) is 5.75 Å². The van der Waals surface area contributed by atoms with Crippen molar-refractivity contribution in [3.8, 4) is 11.8 Å². The molecule has 4 aromatic rings. The third-order valence-corrected chi connectivity index (χ3v) is 8.82. The first-order valence-electron chi connectivity index (χ1n) is 14.8. The second-order valence-corrected chi connectivity index (χ2v) is 14.2.